The van der Waals surface area contributed by atoms with Crippen LogP contribution in [0.4, 0.5) is 16.4 Å². The van der Waals surface area contributed by atoms with Gasteiger partial charge in [-0.25, -0.2) is 4.79 Å². The molecule has 1 aliphatic rings. The maximum absolute atomic E-state index is 11.3. The van der Waals surface area contributed by atoms with Crippen LogP contribution in [0, 0.1) is 0 Å². The van der Waals surface area contributed by atoms with Gasteiger partial charge in [0.25, 0.3) is 0 Å². The molecule has 0 bridgehead atoms. The molecule has 8 nitrogen and oxygen atoms in total. The fraction of sp³-hybridized carbons (Fsp3) is 0.545. The van der Waals surface area contributed by atoms with E-state index in [0.29, 0.717) is 19.0 Å². The molecule has 3 N–H and O–H groups in total. The highest BCUT2D eigenvalue weighted by atomic mass is 16.5. The van der Waals surface area contributed by atoms with E-state index in [4.69, 9.17) is 9.84 Å². The third-order valence-electron chi connectivity index (χ3n) is 2.62. The first-order valence-electron chi connectivity index (χ1n) is 6.12. The fourth-order valence-electron chi connectivity index (χ4n) is 1.68. The summed E-state index contributed by atoms with van der Waals surface area (Å²) in [5, 5.41) is 21.6. The minimum absolute atomic E-state index is 0.102. The molecule has 0 aromatic carbocycles. The summed E-state index contributed by atoms with van der Waals surface area (Å²) in [6.45, 7) is 3.05. The summed E-state index contributed by atoms with van der Waals surface area (Å²) in [4.78, 5) is 13.4. The summed E-state index contributed by atoms with van der Waals surface area (Å²) in [5.41, 5.74) is 0. The Morgan fingerprint density at radius 2 is 2.16 bits per heavy atom. The average Bonchev–Trinajstić information content (AvgIpc) is 2.47. The van der Waals surface area contributed by atoms with Crippen molar-refractivity contribution in [2.24, 2.45) is 0 Å². The van der Waals surface area contributed by atoms with E-state index in [1.165, 1.54) is 0 Å². The number of hydrogen-bond acceptors (Lipinski definition) is 6. The number of aliphatic hydroxyl groups is 1. The van der Waals surface area contributed by atoms with Gasteiger partial charge in [0.2, 0.25) is 0 Å². The molecule has 1 saturated heterocycles. The highest BCUT2D eigenvalue weighted by Gasteiger charge is 2.12. The fourth-order valence-corrected chi connectivity index (χ4v) is 1.68. The molecule has 1 aromatic rings. The molecule has 0 saturated carbocycles. The molecule has 0 radical (unpaired) electrons. The molecule has 104 valence electrons. The van der Waals surface area contributed by atoms with E-state index in [-0.39, 0.29) is 13.2 Å². The van der Waals surface area contributed by atoms with Crippen molar-refractivity contribution in [2.45, 2.75) is 0 Å². The van der Waals surface area contributed by atoms with Crippen molar-refractivity contribution in [3.05, 3.63) is 12.1 Å². The van der Waals surface area contributed by atoms with Gasteiger partial charge in [-0.1, -0.05) is 0 Å². The Kier molecular flexibility index (Phi) is 4.87. The van der Waals surface area contributed by atoms with Crippen LogP contribution in [0.2, 0.25) is 0 Å². The van der Waals surface area contributed by atoms with Crippen LogP contribution in [-0.2, 0) is 4.74 Å². The first-order valence-corrected chi connectivity index (χ1v) is 6.12. The summed E-state index contributed by atoms with van der Waals surface area (Å²) < 4.78 is 5.26. The van der Waals surface area contributed by atoms with Gasteiger partial charge >= 0.3 is 6.03 Å². The zero-order valence-corrected chi connectivity index (χ0v) is 10.5. The molecule has 0 aliphatic carbocycles. The molecular formula is C11H17N5O3. The first-order chi connectivity index (χ1) is 9.29. The van der Waals surface area contributed by atoms with E-state index in [1.54, 1.807) is 12.1 Å². The maximum Gasteiger partial charge on any atom is 0.320 e. The van der Waals surface area contributed by atoms with Crippen molar-refractivity contribution in [1.82, 2.24) is 15.5 Å². The topological polar surface area (TPSA) is 99.6 Å². The quantitative estimate of drug-likeness (QED) is 0.675. The predicted molar refractivity (Wildman–Crippen MR) is 69.2 cm³/mol. The average molecular weight is 267 g/mol. The lowest BCUT2D eigenvalue weighted by Gasteiger charge is -2.27. The van der Waals surface area contributed by atoms with Crippen molar-refractivity contribution >= 4 is 17.7 Å². The zero-order valence-electron chi connectivity index (χ0n) is 10.5. The van der Waals surface area contributed by atoms with Gasteiger partial charge < -0.3 is 20.1 Å². The van der Waals surface area contributed by atoms with Gasteiger partial charge in [-0.05, 0) is 12.1 Å². The Balaban J connectivity index is 1.88. The second-order valence-electron chi connectivity index (χ2n) is 3.98. The second kappa shape index (κ2) is 6.86. The number of ether oxygens (including phenoxy) is 1. The van der Waals surface area contributed by atoms with E-state index < -0.39 is 6.03 Å². The first kappa shape index (κ1) is 13.5. The van der Waals surface area contributed by atoms with E-state index in [1.807, 2.05) is 0 Å². The summed E-state index contributed by atoms with van der Waals surface area (Å²) in [6, 6.07) is 3.08. The lowest BCUT2D eigenvalue weighted by atomic mass is 10.4. The SMILES string of the molecule is O=C(NCCO)Nc1ccc(N2CCOCC2)nn1. The summed E-state index contributed by atoms with van der Waals surface area (Å²) >= 11 is 0. The summed E-state index contributed by atoms with van der Waals surface area (Å²) in [5.74, 6) is 1.14. The van der Waals surface area contributed by atoms with Crippen LogP contribution >= 0.6 is 0 Å². The number of hydrogen-bond donors (Lipinski definition) is 3. The van der Waals surface area contributed by atoms with Gasteiger partial charge in [-0.3, -0.25) is 5.32 Å². The van der Waals surface area contributed by atoms with Gasteiger partial charge in [-0.15, -0.1) is 10.2 Å². The second-order valence-corrected chi connectivity index (χ2v) is 3.98. The molecule has 2 amide bonds. The predicted octanol–water partition coefficient (Wildman–Crippen LogP) is -0.573. The van der Waals surface area contributed by atoms with Gasteiger partial charge in [0, 0.05) is 19.6 Å². The lowest BCUT2D eigenvalue weighted by molar-refractivity contribution is 0.122. The van der Waals surface area contributed by atoms with Gasteiger partial charge in [-0.2, -0.15) is 0 Å². The van der Waals surface area contributed by atoms with Crippen LogP contribution < -0.4 is 15.5 Å². The van der Waals surface area contributed by atoms with Crippen molar-refractivity contribution in [3.63, 3.8) is 0 Å². The maximum atomic E-state index is 11.3. The van der Waals surface area contributed by atoms with E-state index in [9.17, 15) is 4.79 Å². The molecule has 1 fully saturated rings. The van der Waals surface area contributed by atoms with Crippen LogP contribution in [0.3, 0.4) is 0 Å². The number of aliphatic hydroxyl groups excluding tert-OH is 1. The molecule has 1 aromatic heterocycles. The number of rotatable bonds is 4. The van der Waals surface area contributed by atoms with Crippen molar-refractivity contribution in [1.29, 1.82) is 0 Å². The van der Waals surface area contributed by atoms with Gasteiger partial charge in [0.1, 0.15) is 0 Å². The van der Waals surface area contributed by atoms with Crippen LogP contribution in [-0.4, -0.2) is 60.8 Å². The smallest absolute Gasteiger partial charge is 0.320 e. The Bertz CT molecular complexity index is 405. The molecule has 2 rings (SSSR count). The molecule has 1 aliphatic heterocycles. The van der Waals surface area contributed by atoms with Crippen LogP contribution in [0.1, 0.15) is 0 Å². The normalized spacial score (nSPS) is 15.1. The number of morpholine rings is 1. The zero-order chi connectivity index (χ0) is 13.5. The highest BCUT2D eigenvalue weighted by Crippen LogP contribution is 2.12. The van der Waals surface area contributed by atoms with Crippen molar-refractivity contribution in [3.8, 4) is 0 Å². The largest absolute Gasteiger partial charge is 0.395 e. The Morgan fingerprint density at radius 3 is 2.79 bits per heavy atom. The number of amides is 2. The van der Waals surface area contributed by atoms with E-state index in [0.717, 1.165) is 18.9 Å². The number of urea groups is 1. The standard InChI is InChI=1S/C11H17N5O3/c17-6-3-12-11(18)13-9-1-2-10(15-14-9)16-4-7-19-8-5-16/h1-2,17H,3-8H2,(H2,12,13,14,18). The molecule has 0 unspecified atom stereocenters. The third-order valence-corrected chi connectivity index (χ3v) is 2.62. The molecular weight excluding hydrogens is 250 g/mol. The van der Waals surface area contributed by atoms with E-state index in [2.05, 4.69) is 25.7 Å². The van der Waals surface area contributed by atoms with Crippen LogP contribution in [0.25, 0.3) is 0 Å². The highest BCUT2D eigenvalue weighted by molar-refractivity contribution is 5.88. The van der Waals surface area contributed by atoms with Crippen LogP contribution in [0.15, 0.2) is 12.1 Å². The van der Waals surface area contributed by atoms with Gasteiger partial charge in [0.05, 0.1) is 19.8 Å². The molecule has 2 heterocycles. The third kappa shape index (κ3) is 4.04. The Morgan fingerprint density at radius 1 is 1.37 bits per heavy atom. The molecule has 0 atom stereocenters. The van der Waals surface area contributed by atoms with Gasteiger partial charge in [0.15, 0.2) is 11.6 Å². The van der Waals surface area contributed by atoms with Crippen molar-refractivity contribution in [2.75, 3.05) is 49.7 Å². The number of nitrogens with one attached hydrogen (secondary N) is 2. The number of carbonyl (C=O) groups excluding carboxylic acids is 1. The minimum Gasteiger partial charge on any atom is -0.395 e. The Hall–Kier alpha value is -1.93. The van der Waals surface area contributed by atoms with Crippen molar-refractivity contribution < 1.29 is 14.6 Å². The van der Waals surface area contributed by atoms with Crippen LogP contribution in [0.5, 0.6) is 0 Å². The molecule has 19 heavy (non-hydrogen) atoms. The summed E-state index contributed by atoms with van der Waals surface area (Å²) in [6.07, 6.45) is 0. The number of aromatic nitrogens is 2. The monoisotopic (exact) mass is 267 g/mol. The molecule has 8 heteroatoms. The number of nitrogens with zero attached hydrogens (tertiary/aromatic N) is 3. The lowest BCUT2D eigenvalue weighted by Crippen LogP contribution is -2.37. The Labute approximate surface area is 110 Å². The number of carbonyl (C=O) groups is 1. The molecule has 0 spiro atoms. The minimum atomic E-state index is -0.414. The summed E-state index contributed by atoms with van der Waals surface area (Å²) in [7, 11) is 0. The van der Waals surface area contributed by atoms with E-state index >= 15 is 0 Å². The number of anilines is 2.